The van der Waals surface area contributed by atoms with E-state index in [2.05, 4.69) is 42.3 Å². The van der Waals surface area contributed by atoms with Crippen LogP contribution in [0.15, 0.2) is 18.2 Å². The molecule has 1 aliphatic carbocycles. The fourth-order valence-electron chi connectivity index (χ4n) is 3.83. The van der Waals surface area contributed by atoms with Gasteiger partial charge in [0.15, 0.2) is 0 Å². The third kappa shape index (κ3) is 3.87. The Kier molecular flexibility index (Phi) is 4.97. The Morgan fingerprint density at radius 1 is 1.14 bits per heavy atom. The maximum atomic E-state index is 3.63. The lowest BCUT2D eigenvalue weighted by atomic mass is 9.99. The first-order valence-electron chi connectivity index (χ1n) is 8.80. The molecule has 0 spiro atoms. The van der Waals surface area contributed by atoms with E-state index in [1.54, 1.807) is 11.1 Å². The van der Waals surface area contributed by atoms with Gasteiger partial charge in [-0.15, -0.1) is 0 Å². The molecule has 0 amide bonds. The molecule has 1 atom stereocenters. The third-order valence-electron chi connectivity index (χ3n) is 5.06. The third-order valence-corrected chi connectivity index (χ3v) is 5.06. The minimum atomic E-state index is 0.591. The number of likely N-dealkylation sites (tertiary alicyclic amines) is 1. The molecule has 3 rings (SSSR count). The molecule has 1 aromatic carbocycles. The van der Waals surface area contributed by atoms with Crippen molar-refractivity contribution in [1.82, 2.24) is 10.2 Å². The lowest BCUT2D eigenvalue weighted by Gasteiger charge is -2.36. The minimum absolute atomic E-state index is 0.591. The van der Waals surface area contributed by atoms with Crippen LogP contribution >= 0.6 is 0 Å². The highest BCUT2D eigenvalue weighted by Gasteiger charge is 2.22. The molecule has 1 fully saturated rings. The van der Waals surface area contributed by atoms with Crippen molar-refractivity contribution in [1.29, 1.82) is 0 Å². The van der Waals surface area contributed by atoms with Crippen molar-refractivity contribution in [3.63, 3.8) is 0 Å². The quantitative estimate of drug-likeness (QED) is 0.891. The number of hydrogen-bond acceptors (Lipinski definition) is 2. The summed E-state index contributed by atoms with van der Waals surface area (Å²) < 4.78 is 0. The molecule has 2 aliphatic rings. The predicted molar refractivity (Wildman–Crippen MR) is 89.7 cm³/mol. The van der Waals surface area contributed by atoms with Crippen LogP contribution in [0, 0.1) is 0 Å². The van der Waals surface area contributed by atoms with E-state index in [1.807, 2.05) is 0 Å². The van der Waals surface area contributed by atoms with E-state index in [-0.39, 0.29) is 0 Å². The van der Waals surface area contributed by atoms with Crippen molar-refractivity contribution in [2.75, 3.05) is 13.1 Å². The zero-order valence-corrected chi connectivity index (χ0v) is 13.7. The molecule has 2 nitrogen and oxygen atoms in total. The van der Waals surface area contributed by atoms with Crippen LogP contribution in [0.2, 0.25) is 0 Å². The van der Waals surface area contributed by atoms with Crippen molar-refractivity contribution in [3.05, 3.63) is 34.9 Å². The summed E-state index contributed by atoms with van der Waals surface area (Å²) in [5, 5.41) is 3.63. The minimum Gasteiger partial charge on any atom is -0.313 e. The Balaban J connectivity index is 1.63. The number of aryl methyl sites for hydroxylation is 2. The normalized spacial score (nSPS) is 22.7. The van der Waals surface area contributed by atoms with Crippen LogP contribution in [-0.4, -0.2) is 30.1 Å². The van der Waals surface area contributed by atoms with Gasteiger partial charge in [-0.05, 0) is 55.3 Å². The molecule has 0 radical (unpaired) electrons. The smallest absolute Gasteiger partial charge is 0.0237 e. The van der Waals surface area contributed by atoms with Gasteiger partial charge in [0.2, 0.25) is 0 Å². The highest BCUT2D eigenvalue weighted by Crippen LogP contribution is 2.25. The maximum Gasteiger partial charge on any atom is 0.0237 e. The van der Waals surface area contributed by atoms with Crippen LogP contribution in [0.4, 0.5) is 0 Å². The van der Waals surface area contributed by atoms with Crippen molar-refractivity contribution in [2.24, 2.45) is 0 Å². The zero-order valence-electron chi connectivity index (χ0n) is 13.7. The Morgan fingerprint density at radius 2 is 2.00 bits per heavy atom. The monoisotopic (exact) mass is 286 g/mol. The molecular weight excluding hydrogens is 256 g/mol. The van der Waals surface area contributed by atoms with Gasteiger partial charge in [-0.1, -0.05) is 38.5 Å². The first-order chi connectivity index (χ1) is 10.2. The zero-order chi connectivity index (χ0) is 14.7. The number of hydrogen-bond donors (Lipinski definition) is 1. The van der Waals surface area contributed by atoms with Gasteiger partial charge in [0, 0.05) is 25.2 Å². The van der Waals surface area contributed by atoms with Gasteiger partial charge in [-0.25, -0.2) is 0 Å². The first kappa shape index (κ1) is 15.1. The molecule has 1 aromatic rings. The highest BCUT2D eigenvalue weighted by atomic mass is 15.2. The number of piperidine rings is 1. The molecule has 1 N–H and O–H groups in total. The van der Waals surface area contributed by atoms with Crippen molar-refractivity contribution in [2.45, 2.75) is 71.0 Å². The molecular formula is C19H30N2. The fraction of sp³-hybridized carbons (Fsp3) is 0.684. The van der Waals surface area contributed by atoms with E-state index >= 15 is 0 Å². The lowest BCUT2D eigenvalue weighted by molar-refractivity contribution is 0.135. The topological polar surface area (TPSA) is 15.3 Å². The summed E-state index contributed by atoms with van der Waals surface area (Å²) in [5.74, 6) is 0. The van der Waals surface area contributed by atoms with E-state index in [4.69, 9.17) is 0 Å². The summed E-state index contributed by atoms with van der Waals surface area (Å²) in [6.07, 6.45) is 8.05. The van der Waals surface area contributed by atoms with Gasteiger partial charge in [0.05, 0.1) is 0 Å². The van der Waals surface area contributed by atoms with Crippen molar-refractivity contribution < 1.29 is 0 Å². The Bertz CT molecular complexity index is 467. The molecule has 116 valence electrons. The summed E-state index contributed by atoms with van der Waals surface area (Å²) in [7, 11) is 0. The summed E-state index contributed by atoms with van der Waals surface area (Å²) in [6.45, 7) is 8.03. The molecule has 1 heterocycles. The van der Waals surface area contributed by atoms with Crippen LogP contribution in [0.1, 0.15) is 56.2 Å². The number of fused-ring (bicyclic) bond motifs is 1. The van der Waals surface area contributed by atoms with E-state index < -0.39 is 0 Å². The second-order valence-electron chi connectivity index (χ2n) is 7.14. The SMILES string of the molecule is CC(C)NCC1CCCCN1Cc1ccc2c(c1)CCC2. The predicted octanol–water partition coefficient (Wildman–Crippen LogP) is 3.53. The average molecular weight is 286 g/mol. The molecule has 0 saturated carbocycles. The van der Waals surface area contributed by atoms with Crippen molar-refractivity contribution in [3.8, 4) is 0 Å². The number of nitrogens with one attached hydrogen (secondary N) is 1. The molecule has 1 aliphatic heterocycles. The average Bonchev–Trinajstić information content (AvgIpc) is 2.94. The molecule has 21 heavy (non-hydrogen) atoms. The van der Waals surface area contributed by atoms with Crippen LogP contribution in [0.3, 0.4) is 0 Å². The standard InChI is InChI=1S/C19H30N2/c1-15(2)20-13-19-8-3-4-11-21(19)14-16-9-10-17-6-5-7-18(17)12-16/h9-10,12,15,19-20H,3-8,11,13-14H2,1-2H3. The summed E-state index contributed by atoms with van der Waals surface area (Å²) in [6, 6.07) is 8.53. The fourth-order valence-corrected chi connectivity index (χ4v) is 3.83. The molecule has 1 unspecified atom stereocenters. The number of rotatable bonds is 5. The van der Waals surface area contributed by atoms with Gasteiger partial charge < -0.3 is 5.32 Å². The Morgan fingerprint density at radius 3 is 2.86 bits per heavy atom. The second-order valence-corrected chi connectivity index (χ2v) is 7.14. The van der Waals surface area contributed by atoms with Crippen LogP contribution in [0.25, 0.3) is 0 Å². The lowest BCUT2D eigenvalue weighted by Crippen LogP contribution is -2.46. The van der Waals surface area contributed by atoms with Gasteiger partial charge in [-0.3, -0.25) is 4.90 Å². The second kappa shape index (κ2) is 6.93. The van der Waals surface area contributed by atoms with Crippen LogP contribution in [-0.2, 0) is 19.4 Å². The summed E-state index contributed by atoms with van der Waals surface area (Å²) in [5.41, 5.74) is 4.73. The van der Waals surface area contributed by atoms with E-state index in [1.165, 1.54) is 50.6 Å². The molecule has 0 bridgehead atoms. The molecule has 2 heteroatoms. The maximum absolute atomic E-state index is 3.63. The van der Waals surface area contributed by atoms with E-state index in [9.17, 15) is 0 Å². The molecule has 1 saturated heterocycles. The van der Waals surface area contributed by atoms with Gasteiger partial charge in [0.25, 0.3) is 0 Å². The summed E-state index contributed by atoms with van der Waals surface area (Å²) in [4.78, 5) is 2.70. The van der Waals surface area contributed by atoms with E-state index in [0.29, 0.717) is 6.04 Å². The Labute approximate surface area is 129 Å². The first-order valence-corrected chi connectivity index (χ1v) is 8.80. The van der Waals surface area contributed by atoms with Crippen molar-refractivity contribution >= 4 is 0 Å². The number of benzene rings is 1. The van der Waals surface area contributed by atoms with E-state index in [0.717, 1.165) is 19.1 Å². The highest BCUT2D eigenvalue weighted by molar-refractivity contribution is 5.35. The summed E-state index contributed by atoms with van der Waals surface area (Å²) >= 11 is 0. The van der Waals surface area contributed by atoms with Crippen LogP contribution < -0.4 is 5.32 Å². The van der Waals surface area contributed by atoms with Gasteiger partial charge in [-0.2, -0.15) is 0 Å². The van der Waals surface area contributed by atoms with Gasteiger partial charge >= 0.3 is 0 Å². The molecule has 0 aromatic heterocycles. The largest absolute Gasteiger partial charge is 0.313 e. The number of nitrogens with zero attached hydrogens (tertiary/aromatic N) is 1. The van der Waals surface area contributed by atoms with Gasteiger partial charge in [0.1, 0.15) is 0 Å². The van der Waals surface area contributed by atoms with Crippen LogP contribution in [0.5, 0.6) is 0 Å². The Hall–Kier alpha value is -0.860.